The summed E-state index contributed by atoms with van der Waals surface area (Å²) in [6.45, 7) is 8.59. The number of hydrogen-bond acceptors (Lipinski definition) is 6. The van der Waals surface area contributed by atoms with Gasteiger partial charge in [0.1, 0.15) is 0 Å². The van der Waals surface area contributed by atoms with Crippen molar-refractivity contribution in [3.8, 4) is 22.9 Å². The Morgan fingerprint density at radius 3 is 2.59 bits per heavy atom. The number of aromatic nitrogens is 3. The monoisotopic (exact) mass is 408 g/mol. The van der Waals surface area contributed by atoms with E-state index in [1.807, 2.05) is 6.07 Å². The van der Waals surface area contributed by atoms with Crippen LogP contribution < -0.4 is 9.47 Å². The lowest BCUT2D eigenvalue weighted by Crippen LogP contribution is -2.30. The minimum Gasteiger partial charge on any atom is -0.454 e. The molecule has 0 spiro atoms. The predicted octanol–water partition coefficient (Wildman–Crippen LogP) is 4.49. The van der Waals surface area contributed by atoms with Gasteiger partial charge in [-0.1, -0.05) is 62.9 Å². The fraction of sp³-hybridized carbons (Fsp3) is 0.364. The zero-order valence-electron chi connectivity index (χ0n) is 16.9. The minimum absolute atomic E-state index is 0.139. The first-order valence-electron chi connectivity index (χ1n) is 9.75. The number of rotatable bonds is 3. The van der Waals surface area contributed by atoms with Crippen LogP contribution in [0.25, 0.3) is 11.4 Å². The van der Waals surface area contributed by atoms with Crippen molar-refractivity contribution in [2.45, 2.75) is 44.6 Å². The Morgan fingerprint density at radius 1 is 1.00 bits per heavy atom. The summed E-state index contributed by atoms with van der Waals surface area (Å²) in [7, 11) is 0. The predicted molar refractivity (Wildman–Crippen MR) is 113 cm³/mol. The normalized spacial score (nSPS) is 16.1. The molecule has 2 aliphatic rings. The Bertz CT molecular complexity index is 1040. The summed E-state index contributed by atoms with van der Waals surface area (Å²) < 4.78 is 13.1. The second-order valence-corrected chi connectivity index (χ2v) is 9.40. The highest BCUT2D eigenvalue weighted by atomic mass is 32.2. The molecule has 1 aromatic heterocycles. The fourth-order valence-electron chi connectivity index (χ4n) is 3.64. The second kappa shape index (κ2) is 7.07. The van der Waals surface area contributed by atoms with Crippen molar-refractivity contribution in [1.82, 2.24) is 19.7 Å². The van der Waals surface area contributed by atoms with E-state index in [1.54, 1.807) is 11.8 Å². The van der Waals surface area contributed by atoms with E-state index < -0.39 is 0 Å². The molecule has 150 valence electrons. The van der Waals surface area contributed by atoms with Crippen molar-refractivity contribution in [3.05, 3.63) is 53.6 Å². The van der Waals surface area contributed by atoms with Crippen molar-refractivity contribution in [2.75, 3.05) is 12.7 Å². The van der Waals surface area contributed by atoms with E-state index in [4.69, 9.17) is 9.47 Å². The molecule has 0 atom stereocenters. The topological polar surface area (TPSA) is 52.4 Å². The average Bonchev–Trinajstić information content (AvgIpc) is 3.33. The summed E-state index contributed by atoms with van der Waals surface area (Å²) in [6.07, 6.45) is 0. The summed E-state index contributed by atoms with van der Waals surface area (Å²) in [4.78, 5) is 2.38. The minimum atomic E-state index is 0.139. The van der Waals surface area contributed by atoms with Crippen LogP contribution in [-0.4, -0.2) is 32.3 Å². The van der Waals surface area contributed by atoms with Crippen LogP contribution in [0.4, 0.5) is 0 Å². The van der Waals surface area contributed by atoms with Gasteiger partial charge in [-0.25, -0.2) is 0 Å². The van der Waals surface area contributed by atoms with Gasteiger partial charge in [0.05, 0.1) is 12.5 Å². The Kier molecular flexibility index (Phi) is 4.52. The largest absolute Gasteiger partial charge is 0.454 e. The first-order valence-corrected chi connectivity index (χ1v) is 10.7. The highest BCUT2D eigenvalue weighted by Gasteiger charge is 2.24. The van der Waals surface area contributed by atoms with Gasteiger partial charge >= 0.3 is 0 Å². The average molecular weight is 409 g/mol. The molecule has 0 fully saturated rings. The molecule has 2 aromatic carbocycles. The first kappa shape index (κ1) is 18.5. The van der Waals surface area contributed by atoms with E-state index in [0.717, 1.165) is 47.1 Å². The van der Waals surface area contributed by atoms with Crippen molar-refractivity contribution in [1.29, 1.82) is 0 Å². The van der Waals surface area contributed by atoms with Crippen LogP contribution in [0.15, 0.2) is 47.6 Å². The van der Waals surface area contributed by atoms with Gasteiger partial charge < -0.3 is 9.47 Å². The molecular weight excluding hydrogens is 384 g/mol. The number of hydrogen-bond donors (Lipinski definition) is 0. The van der Waals surface area contributed by atoms with Gasteiger partial charge in [0.2, 0.25) is 6.79 Å². The molecular formula is C22H24N4O2S. The second-order valence-electron chi connectivity index (χ2n) is 8.49. The SMILES string of the molecule is CC(C)(C)c1ccc(-c2nnc3n2CN(Cc2ccc4c(c2)OCO4)CS3)cc1. The smallest absolute Gasteiger partial charge is 0.231 e. The summed E-state index contributed by atoms with van der Waals surface area (Å²) in [5.74, 6) is 3.46. The molecule has 0 radical (unpaired) electrons. The lowest BCUT2D eigenvalue weighted by atomic mass is 9.87. The highest BCUT2D eigenvalue weighted by Crippen LogP contribution is 2.34. The van der Waals surface area contributed by atoms with E-state index in [2.05, 4.69) is 76.8 Å². The number of ether oxygens (including phenoxy) is 2. The van der Waals surface area contributed by atoms with Crippen LogP contribution in [0.3, 0.4) is 0 Å². The molecule has 3 heterocycles. The van der Waals surface area contributed by atoms with E-state index in [0.29, 0.717) is 6.79 Å². The Hall–Kier alpha value is -2.51. The van der Waals surface area contributed by atoms with E-state index in [-0.39, 0.29) is 5.41 Å². The number of benzene rings is 2. The molecule has 0 amide bonds. The third-order valence-corrected chi connectivity index (χ3v) is 6.34. The molecule has 29 heavy (non-hydrogen) atoms. The Labute approximate surface area is 174 Å². The lowest BCUT2D eigenvalue weighted by Gasteiger charge is -2.28. The molecule has 0 unspecified atom stereocenters. The van der Waals surface area contributed by atoms with Crippen LogP contribution in [0.1, 0.15) is 31.9 Å². The number of thioether (sulfide) groups is 1. The summed E-state index contributed by atoms with van der Waals surface area (Å²) in [6, 6.07) is 14.8. The zero-order chi connectivity index (χ0) is 20.0. The first-order chi connectivity index (χ1) is 14.0. The van der Waals surface area contributed by atoms with Gasteiger partial charge in [-0.3, -0.25) is 9.47 Å². The van der Waals surface area contributed by atoms with E-state index in [9.17, 15) is 0 Å². The summed E-state index contributed by atoms with van der Waals surface area (Å²) in [5.41, 5.74) is 3.77. The molecule has 5 rings (SSSR count). The quantitative estimate of drug-likeness (QED) is 0.636. The maximum Gasteiger partial charge on any atom is 0.231 e. The molecule has 0 aliphatic carbocycles. The molecule has 0 saturated carbocycles. The van der Waals surface area contributed by atoms with Crippen molar-refractivity contribution in [3.63, 3.8) is 0 Å². The van der Waals surface area contributed by atoms with E-state index >= 15 is 0 Å². The maximum atomic E-state index is 5.51. The molecule has 0 saturated heterocycles. The van der Waals surface area contributed by atoms with Gasteiger partial charge in [0.15, 0.2) is 22.5 Å². The van der Waals surface area contributed by atoms with Crippen molar-refractivity contribution >= 4 is 11.8 Å². The van der Waals surface area contributed by atoms with Gasteiger partial charge in [-0.15, -0.1) is 10.2 Å². The van der Waals surface area contributed by atoms with Gasteiger partial charge in [-0.05, 0) is 28.7 Å². The zero-order valence-corrected chi connectivity index (χ0v) is 17.7. The van der Waals surface area contributed by atoms with Crippen LogP contribution >= 0.6 is 11.8 Å². The molecule has 7 heteroatoms. The Morgan fingerprint density at radius 2 is 1.79 bits per heavy atom. The molecule has 3 aromatic rings. The van der Waals surface area contributed by atoms with Gasteiger partial charge in [0, 0.05) is 12.1 Å². The summed E-state index contributed by atoms with van der Waals surface area (Å²) >= 11 is 1.72. The summed E-state index contributed by atoms with van der Waals surface area (Å²) in [5, 5.41) is 9.86. The maximum absolute atomic E-state index is 5.51. The van der Waals surface area contributed by atoms with Crippen molar-refractivity contribution in [2.24, 2.45) is 0 Å². The van der Waals surface area contributed by atoms with Crippen LogP contribution in [0.2, 0.25) is 0 Å². The standard InChI is InChI=1S/C22H24N4O2S/c1-22(2,3)17-7-5-16(6-8-17)20-23-24-21-26(20)12-25(13-29-21)11-15-4-9-18-19(10-15)28-14-27-18/h4-10H,11-14H2,1-3H3. The fourth-order valence-corrected chi connectivity index (χ4v) is 4.51. The Balaban J connectivity index is 1.36. The van der Waals surface area contributed by atoms with E-state index in [1.165, 1.54) is 11.1 Å². The number of fused-ring (bicyclic) bond motifs is 2. The molecule has 2 aliphatic heterocycles. The number of nitrogens with zero attached hydrogens (tertiary/aromatic N) is 4. The third kappa shape index (κ3) is 3.60. The van der Waals surface area contributed by atoms with Crippen molar-refractivity contribution < 1.29 is 9.47 Å². The van der Waals surface area contributed by atoms with Crippen LogP contribution in [-0.2, 0) is 18.6 Å². The molecule has 0 N–H and O–H groups in total. The molecule has 0 bridgehead atoms. The highest BCUT2D eigenvalue weighted by molar-refractivity contribution is 7.99. The lowest BCUT2D eigenvalue weighted by molar-refractivity contribution is 0.174. The molecule has 6 nitrogen and oxygen atoms in total. The van der Waals surface area contributed by atoms with Gasteiger partial charge in [0.25, 0.3) is 0 Å². The third-order valence-electron chi connectivity index (χ3n) is 5.29. The van der Waals surface area contributed by atoms with Crippen LogP contribution in [0.5, 0.6) is 11.5 Å². The van der Waals surface area contributed by atoms with Crippen LogP contribution in [0, 0.1) is 0 Å². The van der Waals surface area contributed by atoms with Gasteiger partial charge in [-0.2, -0.15) is 0 Å².